The number of benzene rings is 3. The Labute approximate surface area is 200 Å². The molecule has 34 heavy (non-hydrogen) atoms. The lowest BCUT2D eigenvalue weighted by molar-refractivity contribution is 0.0628. The van der Waals surface area contributed by atoms with Gasteiger partial charge < -0.3 is 19.1 Å². The highest BCUT2D eigenvalue weighted by Crippen LogP contribution is 2.32. The molecule has 0 saturated carbocycles. The van der Waals surface area contributed by atoms with E-state index in [1.165, 1.54) is 11.1 Å². The van der Waals surface area contributed by atoms with Crippen molar-refractivity contribution in [1.82, 2.24) is 9.80 Å². The molecule has 0 spiro atoms. The highest BCUT2D eigenvalue weighted by Gasteiger charge is 2.23. The molecular formula is C28H30N2O4. The molecule has 1 saturated heterocycles. The number of hydrogen-bond donors (Lipinski definition) is 0. The normalized spacial score (nSPS) is 15.4. The Bertz CT molecular complexity index is 1140. The number of carbonyl (C=O) groups excluding carboxylic acids is 1. The van der Waals surface area contributed by atoms with Crippen LogP contribution in [0.1, 0.15) is 34.0 Å². The van der Waals surface area contributed by atoms with Gasteiger partial charge in [-0.05, 0) is 59.5 Å². The van der Waals surface area contributed by atoms with Gasteiger partial charge in [0.25, 0.3) is 5.91 Å². The zero-order chi connectivity index (χ0) is 23.3. The molecule has 1 amide bonds. The topological polar surface area (TPSA) is 51.2 Å². The smallest absolute Gasteiger partial charge is 0.253 e. The van der Waals surface area contributed by atoms with Gasteiger partial charge in [-0.2, -0.15) is 0 Å². The van der Waals surface area contributed by atoms with Crippen molar-refractivity contribution >= 4 is 5.91 Å². The number of fused-ring (bicyclic) bond motifs is 1. The van der Waals surface area contributed by atoms with E-state index in [0.29, 0.717) is 32.1 Å². The van der Waals surface area contributed by atoms with Crippen LogP contribution in [0.15, 0.2) is 66.7 Å². The molecule has 176 valence electrons. The minimum atomic E-state index is 0.0804. The Balaban J connectivity index is 1.13. The van der Waals surface area contributed by atoms with Crippen molar-refractivity contribution in [3.8, 4) is 17.2 Å². The fourth-order valence-electron chi connectivity index (χ4n) is 4.37. The van der Waals surface area contributed by atoms with Gasteiger partial charge in [0.1, 0.15) is 12.4 Å². The molecule has 6 heteroatoms. The summed E-state index contributed by atoms with van der Waals surface area (Å²) in [7, 11) is 0. The largest absolute Gasteiger partial charge is 0.489 e. The highest BCUT2D eigenvalue weighted by atomic mass is 16.7. The van der Waals surface area contributed by atoms with Crippen molar-refractivity contribution in [3.63, 3.8) is 0 Å². The SMILES string of the molecule is CCc1ccc(OCc2cccc(C(=O)N3CCN(Cc4ccc5c(c4)OCO5)CC3)c2)cc1. The van der Waals surface area contributed by atoms with E-state index in [1.807, 2.05) is 53.4 Å². The molecule has 0 atom stereocenters. The summed E-state index contributed by atoms with van der Waals surface area (Å²) in [5, 5.41) is 0. The van der Waals surface area contributed by atoms with Gasteiger partial charge in [0, 0.05) is 38.3 Å². The third-order valence-electron chi connectivity index (χ3n) is 6.41. The second kappa shape index (κ2) is 10.2. The predicted molar refractivity (Wildman–Crippen MR) is 130 cm³/mol. The molecule has 0 radical (unpaired) electrons. The zero-order valence-electron chi connectivity index (χ0n) is 19.5. The third kappa shape index (κ3) is 5.18. The van der Waals surface area contributed by atoms with Crippen molar-refractivity contribution in [1.29, 1.82) is 0 Å². The van der Waals surface area contributed by atoms with Crippen molar-refractivity contribution < 1.29 is 19.0 Å². The summed E-state index contributed by atoms with van der Waals surface area (Å²) in [6.07, 6.45) is 1.01. The molecule has 2 aliphatic heterocycles. The summed E-state index contributed by atoms with van der Waals surface area (Å²) in [6.45, 7) is 6.83. The number of amides is 1. The Kier molecular flexibility index (Phi) is 6.67. The molecule has 0 unspecified atom stereocenters. The van der Waals surface area contributed by atoms with Crippen molar-refractivity contribution in [3.05, 3.63) is 89.0 Å². The van der Waals surface area contributed by atoms with Crippen LogP contribution in [0.3, 0.4) is 0 Å². The minimum Gasteiger partial charge on any atom is -0.489 e. The lowest BCUT2D eigenvalue weighted by Gasteiger charge is -2.34. The summed E-state index contributed by atoms with van der Waals surface area (Å²) in [5.41, 5.74) is 4.19. The molecule has 1 fully saturated rings. The number of rotatable bonds is 7. The molecule has 5 rings (SSSR count). The molecule has 2 aliphatic rings. The third-order valence-corrected chi connectivity index (χ3v) is 6.41. The predicted octanol–water partition coefficient (Wildman–Crippen LogP) is 4.51. The fraction of sp³-hybridized carbons (Fsp3) is 0.321. The van der Waals surface area contributed by atoms with Crippen LogP contribution < -0.4 is 14.2 Å². The summed E-state index contributed by atoms with van der Waals surface area (Å²) in [5.74, 6) is 2.54. The first kappa shape index (κ1) is 22.3. The maximum absolute atomic E-state index is 13.1. The lowest BCUT2D eigenvalue weighted by atomic mass is 10.1. The van der Waals surface area contributed by atoms with Crippen LogP contribution in [0.5, 0.6) is 17.2 Å². The van der Waals surface area contributed by atoms with Gasteiger partial charge in [0.2, 0.25) is 6.79 Å². The number of ether oxygens (including phenoxy) is 3. The Morgan fingerprint density at radius 3 is 2.41 bits per heavy atom. The van der Waals surface area contributed by atoms with E-state index in [4.69, 9.17) is 14.2 Å². The van der Waals surface area contributed by atoms with E-state index in [0.717, 1.165) is 48.9 Å². The number of aryl methyl sites for hydroxylation is 1. The molecule has 3 aromatic carbocycles. The first-order valence-electron chi connectivity index (χ1n) is 11.9. The van der Waals surface area contributed by atoms with Gasteiger partial charge in [-0.15, -0.1) is 0 Å². The molecule has 0 aliphatic carbocycles. The van der Waals surface area contributed by atoms with E-state index in [1.54, 1.807) is 0 Å². The Morgan fingerprint density at radius 2 is 1.62 bits per heavy atom. The quantitative estimate of drug-likeness (QED) is 0.521. The van der Waals surface area contributed by atoms with E-state index in [9.17, 15) is 4.79 Å². The van der Waals surface area contributed by atoms with E-state index in [-0.39, 0.29) is 5.91 Å². The summed E-state index contributed by atoms with van der Waals surface area (Å²) >= 11 is 0. The van der Waals surface area contributed by atoms with E-state index in [2.05, 4.69) is 30.0 Å². The number of carbonyl (C=O) groups is 1. The summed E-state index contributed by atoms with van der Waals surface area (Å²) < 4.78 is 16.8. The zero-order valence-corrected chi connectivity index (χ0v) is 19.5. The first-order valence-corrected chi connectivity index (χ1v) is 11.9. The summed E-state index contributed by atoms with van der Waals surface area (Å²) in [6, 6.07) is 22.0. The van der Waals surface area contributed by atoms with Crippen LogP contribution in [-0.2, 0) is 19.6 Å². The van der Waals surface area contributed by atoms with Crippen LogP contribution in [0.25, 0.3) is 0 Å². The maximum atomic E-state index is 13.1. The Morgan fingerprint density at radius 1 is 0.853 bits per heavy atom. The second-order valence-corrected chi connectivity index (χ2v) is 8.74. The second-order valence-electron chi connectivity index (χ2n) is 8.74. The number of piperazine rings is 1. The monoisotopic (exact) mass is 458 g/mol. The minimum absolute atomic E-state index is 0.0804. The van der Waals surface area contributed by atoms with Crippen LogP contribution in [-0.4, -0.2) is 48.7 Å². The van der Waals surface area contributed by atoms with Gasteiger partial charge in [0.15, 0.2) is 11.5 Å². The molecule has 0 bridgehead atoms. The van der Waals surface area contributed by atoms with Crippen LogP contribution in [0.4, 0.5) is 0 Å². The van der Waals surface area contributed by atoms with Gasteiger partial charge in [0.05, 0.1) is 0 Å². The van der Waals surface area contributed by atoms with Crippen molar-refractivity contribution in [2.24, 2.45) is 0 Å². The van der Waals surface area contributed by atoms with Crippen LogP contribution >= 0.6 is 0 Å². The first-order chi connectivity index (χ1) is 16.7. The number of hydrogen-bond acceptors (Lipinski definition) is 5. The fourth-order valence-corrected chi connectivity index (χ4v) is 4.37. The average molecular weight is 459 g/mol. The molecule has 3 aromatic rings. The van der Waals surface area contributed by atoms with Gasteiger partial charge in [-0.25, -0.2) is 0 Å². The molecule has 0 N–H and O–H groups in total. The number of nitrogens with zero attached hydrogens (tertiary/aromatic N) is 2. The van der Waals surface area contributed by atoms with Crippen LogP contribution in [0.2, 0.25) is 0 Å². The average Bonchev–Trinajstić information content (AvgIpc) is 3.36. The molecule has 6 nitrogen and oxygen atoms in total. The van der Waals surface area contributed by atoms with Gasteiger partial charge in [-0.1, -0.05) is 37.3 Å². The van der Waals surface area contributed by atoms with E-state index < -0.39 is 0 Å². The standard InChI is InChI=1S/C28H30N2O4/c1-2-21-6-9-25(10-7-21)32-19-23-4-3-5-24(16-23)28(31)30-14-12-29(13-15-30)18-22-8-11-26-27(17-22)34-20-33-26/h3-11,16-17H,2,12-15,18-20H2,1H3. The lowest BCUT2D eigenvalue weighted by Crippen LogP contribution is -2.48. The Hall–Kier alpha value is -3.51. The van der Waals surface area contributed by atoms with Gasteiger partial charge in [-0.3, -0.25) is 9.69 Å². The summed E-state index contributed by atoms with van der Waals surface area (Å²) in [4.78, 5) is 17.4. The maximum Gasteiger partial charge on any atom is 0.253 e. The van der Waals surface area contributed by atoms with E-state index >= 15 is 0 Å². The van der Waals surface area contributed by atoms with Crippen molar-refractivity contribution in [2.75, 3.05) is 33.0 Å². The highest BCUT2D eigenvalue weighted by molar-refractivity contribution is 5.94. The van der Waals surface area contributed by atoms with Crippen LogP contribution in [0, 0.1) is 0 Å². The van der Waals surface area contributed by atoms with Gasteiger partial charge >= 0.3 is 0 Å². The molecule has 2 heterocycles. The van der Waals surface area contributed by atoms with Crippen molar-refractivity contribution in [2.45, 2.75) is 26.5 Å². The molecular weight excluding hydrogens is 428 g/mol. The molecule has 0 aromatic heterocycles.